The fourth-order valence-corrected chi connectivity index (χ4v) is 2.00. The fraction of sp³-hybridized carbons (Fsp3) is 0.750. The summed E-state index contributed by atoms with van der Waals surface area (Å²) in [5.74, 6) is 0. The van der Waals surface area contributed by atoms with E-state index in [9.17, 15) is 5.11 Å². The minimum atomic E-state index is 0.0715. The molecule has 0 aliphatic heterocycles. The first kappa shape index (κ1) is 13.2. The Balaban J connectivity index is 2.71. The molecule has 0 aliphatic carbocycles. The van der Waals surface area contributed by atoms with Crippen LogP contribution in [0.1, 0.15) is 26.5 Å². The van der Waals surface area contributed by atoms with E-state index in [1.165, 1.54) is 0 Å². The van der Waals surface area contributed by atoms with Crippen molar-refractivity contribution in [2.45, 2.75) is 33.4 Å². The molecule has 4 heteroatoms. The van der Waals surface area contributed by atoms with Crippen LogP contribution in [0.4, 0.5) is 0 Å². The Kier molecular flexibility index (Phi) is 4.10. The normalized spacial score (nSPS) is 14.4. The van der Waals surface area contributed by atoms with E-state index < -0.39 is 0 Å². The number of aliphatic hydroxyl groups excluding tert-OH is 1. The molecular formula is C12H23N3O. The van der Waals surface area contributed by atoms with Gasteiger partial charge in [0.1, 0.15) is 0 Å². The van der Waals surface area contributed by atoms with Crippen molar-refractivity contribution >= 4 is 0 Å². The van der Waals surface area contributed by atoms with Gasteiger partial charge in [-0.3, -0.25) is 9.58 Å². The van der Waals surface area contributed by atoms with Crippen molar-refractivity contribution in [1.82, 2.24) is 14.7 Å². The van der Waals surface area contributed by atoms with E-state index in [-0.39, 0.29) is 18.1 Å². The van der Waals surface area contributed by atoms with E-state index in [0.29, 0.717) is 0 Å². The Morgan fingerprint density at radius 1 is 1.50 bits per heavy atom. The maximum Gasteiger partial charge on any atom is 0.0591 e. The van der Waals surface area contributed by atoms with Crippen molar-refractivity contribution in [3.05, 3.63) is 18.0 Å². The van der Waals surface area contributed by atoms with Crippen LogP contribution in [0.15, 0.2) is 12.3 Å². The van der Waals surface area contributed by atoms with Crippen LogP contribution in [0.25, 0.3) is 0 Å². The number of likely N-dealkylation sites (N-methyl/N-ethyl adjacent to an activating group) is 1. The Morgan fingerprint density at radius 2 is 2.12 bits per heavy atom. The second kappa shape index (κ2) is 4.97. The van der Waals surface area contributed by atoms with Crippen LogP contribution >= 0.6 is 0 Å². The first-order chi connectivity index (χ1) is 7.36. The molecule has 0 saturated carbocycles. The smallest absolute Gasteiger partial charge is 0.0591 e. The van der Waals surface area contributed by atoms with Gasteiger partial charge in [0, 0.05) is 25.8 Å². The predicted molar refractivity (Wildman–Crippen MR) is 65.0 cm³/mol. The molecule has 0 aromatic carbocycles. The van der Waals surface area contributed by atoms with Gasteiger partial charge in [-0.25, -0.2) is 0 Å². The summed E-state index contributed by atoms with van der Waals surface area (Å²) in [5.41, 5.74) is 1.23. The van der Waals surface area contributed by atoms with Gasteiger partial charge >= 0.3 is 0 Å². The third-order valence-electron chi connectivity index (χ3n) is 3.04. The Hall–Kier alpha value is -0.870. The van der Waals surface area contributed by atoms with Gasteiger partial charge in [-0.05, 0) is 18.5 Å². The van der Waals surface area contributed by atoms with Crippen molar-refractivity contribution < 1.29 is 5.11 Å². The van der Waals surface area contributed by atoms with E-state index in [2.05, 4.69) is 30.8 Å². The first-order valence-corrected chi connectivity index (χ1v) is 5.64. The SMILES string of the molecule is CN(Cc1ccnn1C)C(CO)C(C)(C)C. The summed E-state index contributed by atoms with van der Waals surface area (Å²) in [5, 5.41) is 13.6. The lowest BCUT2D eigenvalue weighted by Gasteiger charge is -2.36. The second-order valence-corrected chi connectivity index (χ2v) is 5.43. The zero-order valence-electron chi connectivity index (χ0n) is 10.9. The molecule has 1 rings (SSSR count). The molecule has 4 nitrogen and oxygen atoms in total. The molecule has 1 aromatic rings. The number of hydrogen-bond acceptors (Lipinski definition) is 3. The highest BCUT2D eigenvalue weighted by Crippen LogP contribution is 2.24. The summed E-state index contributed by atoms with van der Waals surface area (Å²) in [4.78, 5) is 2.18. The molecule has 0 amide bonds. The van der Waals surface area contributed by atoms with Crippen LogP contribution in [0.2, 0.25) is 0 Å². The lowest BCUT2D eigenvalue weighted by Crippen LogP contribution is -2.44. The highest BCUT2D eigenvalue weighted by atomic mass is 16.3. The minimum Gasteiger partial charge on any atom is -0.395 e. The van der Waals surface area contributed by atoms with Crippen molar-refractivity contribution in [3.8, 4) is 0 Å². The third kappa shape index (κ3) is 3.06. The lowest BCUT2D eigenvalue weighted by molar-refractivity contribution is 0.0599. The molecular weight excluding hydrogens is 202 g/mol. The van der Waals surface area contributed by atoms with Gasteiger partial charge in [0.15, 0.2) is 0 Å². The van der Waals surface area contributed by atoms with Crippen molar-refractivity contribution in [2.24, 2.45) is 12.5 Å². The number of rotatable bonds is 4. The summed E-state index contributed by atoms with van der Waals surface area (Å²) in [6, 6.07) is 2.16. The van der Waals surface area contributed by atoms with Gasteiger partial charge in [0.2, 0.25) is 0 Å². The minimum absolute atomic E-state index is 0.0715. The molecule has 1 atom stereocenters. The van der Waals surface area contributed by atoms with Gasteiger partial charge in [0.25, 0.3) is 0 Å². The molecule has 1 N–H and O–H groups in total. The molecule has 1 unspecified atom stereocenters. The molecule has 0 radical (unpaired) electrons. The maximum atomic E-state index is 9.47. The standard InChI is InChI=1S/C12H23N3O/c1-12(2,3)11(9-16)14(4)8-10-6-7-13-15(10)5/h6-7,11,16H,8-9H2,1-5H3. The van der Waals surface area contributed by atoms with Gasteiger partial charge in [-0.1, -0.05) is 20.8 Å². The molecule has 0 spiro atoms. The number of aliphatic hydroxyl groups is 1. The number of nitrogens with zero attached hydrogens (tertiary/aromatic N) is 3. The Morgan fingerprint density at radius 3 is 2.50 bits per heavy atom. The molecule has 1 aromatic heterocycles. The Labute approximate surface area is 97.9 Å². The van der Waals surface area contributed by atoms with Crippen molar-refractivity contribution in [3.63, 3.8) is 0 Å². The average Bonchev–Trinajstić information content (AvgIpc) is 2.50. The largest absolute Gasteiger partial charge is 0.395 e. The molecule has 0 bridgehead atoms. The van der Waals surface area contributed by atoms with E-state index >= 15 is 0 Å². The lowest BCUT2D eigenvalue weighted by atomic mass is 9.86. The van der Waals surface area contributed by atoms with Crippen LogP contribution in [0.5, 0.6) is 0 Å². The predicted octanol–water partition coefficient (Wildman–Crippen LogP) is 1.26. The van der Waals surface area contributed by atoms with Crippen LogP contribution in [0, 0.1) is 5.41 Å². The van der Waals surface area contributed by atoms with Crippen LogP contribution < -0.4 is 0 Å². The van der Waals surface area contributed by atoms with Gasteiger partial charge in [-0.2, -0.15) is 5.10 Å². The van der Waals surface area contributed by atoms with E-state index in [1.54, 1.807) is 6.20 Å². The fourth-order valence-electron chi connectivity index (χ4n) is 2.00. The second-order valence-electron chi connectivity index (χ2n) is 5.43. The highest BCUT2D eigenvalue weighted by Gasteiger charge is 2.27. The zero-order chi connectivity index (χ0) is 12.3. The maximum absolute atomic E-state index is 9.47. The van der Waals surface area contributed by atoms with Crippen molar-refractivity contribution in [2.75, 3.05) is 13.7 Å². The summed E-state index contributed by atoms with van der Waals surface area (Å²) in [6.45, 7) is 7.42. The number of aryl methyl sites for hydroxylation is 1. The molecule has 0 saturated heterocycles. The van der Waals surface area contributed by atoms with Crippen molar-refractivity contribution in [1.29, 1.82) is 0 Å². The number of aromatic nitrogens is 2. The third-order valence-corrected chi connectivity index (χ3v) is 3.04. The molecule has 1 heterocycles. The zero-order valence-corrected chi connectivity index (χ0v) is 10.9. The summed E-state index contributed by atoms with van der Waals surface area (Å²) < 4.78 is 1.87. The van der Waals surface area contributed by atoms with E-state index in [1.807, 2.05) is 24.8 Å². The first-order valence-electron chi connectivity index (χ1n) is 5.64. The van der Waals surface area contributed by atoms with E-state index in [0.717, 1.165) is 12.2 Å². The molecule has 16 heavy (non-hydrogen) atoms. The number of hydrogen-bond donors (Lipinski definition) is 1. The van der Waals surface area contributed by atoms with Gasteiger partial charge in [0.05, 0.1) is 12.3 Å². The summed E-state index contributed by atoms with van der Waals surface area (Å²) >= 11 is 0. The Bertz CT molecular complexity index is 327. The monoisotopic (exact) mass is 225 g/mol. The molecule has 0 fully saturated rings. The van der Waals surface area contributed by atoms with E-state index in [4.69, 9.17) is 0 Å². The highest BCUT2D eigenvalue weighted by molar-refractivity contribution is 5.00. The average molecular weight is 225 g/mol. The van der Waals surface area contributed by atoms with Gasteiger partial charge in [-0.15, -0.1) is 0 Å². The summed E-state index contributed by atoms with van der Waals surface area (Å²) in [7, 11) is 3.98. The molecule has 92 valence electrons. The summed E-state index contributed by atoms with van der Waals surface area (Å²) in [6.07, 6.45) is 1.80. The van der Waals surface area contributed by atoms with Crippen LogP contribution in [0.3, 0.4) is 0 Å². The van der Waals surface area contributed by atoms with Crippen LogP contribution in [-0.2, 0) is 13.6 Å². The quantitative estimate of drug-likeness (QED) is 0.838. The van der Waals surface area contributed by atoms with Gasteiger partial charge < -0.3 is 5.11 Å². The van der Waals surface area contributed by atoms with Crippen LogP contribution in [-0.4, -0.2) is 39.5 Å². The molecule has 0 aliphatic rings. The topological polar surface area (TPSA) is 41.3 Å².